The van der Waals surface area contributed by atoms with Crippen LogP contribution in [0.25, 0.3) is 38.2 Å². The van der Waals surface area contributed by atoms with E-state index in [1.165, 1.54) is 0 Å². The molecule has 0 amide bonds. The van der Waals surface area contributed by atoms with Crippen LogP contribution in [0.4, 0.5) is 0 Å². The number of fused-ring (bicyclic) bond motifs is 4. The number of hydrogen-bond donors (Lipinski definition) is 0. The molecule has 0 N–H and O–H groups in total. The van der Waals surface area contributed by atoms with Gasteiger partial charge in [0.1, 0.15) is 5.65 Å². The Morgan fingerprint density at radius 1 is 0.826 bits per heavy atom. The molecule has 0 aliphatic heterocycles. The molecule has 3 aromatic carbocycles. The van der Waals surface area contributed by atoms with E-state index in [1.54, 1.807) is 4.40 Å². The molecule has 0 saturated carbocycles. The molecule has 5 aromatic rings. The van der Waals surface area contributed by atoms with Crippen molar-refractivity contribution < 1.29 is 0 Å². The van der Waals surface area contributed by atoms with E-state index in [-0.39, 0.29) is 5.56 Å². The van der Waals surface area contributed by atoms with Crippen molar-refractivity contribution in [1.82, 2.24) is 9.38 Å². The van der Waals surface area contributed by atoms with Crippen LogP contribution in [0.2, 0.25) is 0 Å². The van der Waals surface area contributed by atoms with Crippen molar-refractivity contribution >= 4 is 70.1 Å². The van der Waals surface area contributed by atoms with Gasteiger partial charge in [0.2, 0.25) is 0 Å². The van der Waals surface area contributed by atoms with Gasteiger partial charge in [-0.2, -0.15) is 0 Å². The lowest BCUT2D eigenvalue weighted by molar-refractivity contribution is 1.19. The average Bonchev–Trinajstić information content (AvgIpc) is 2.94. The molecule has 0 saturated heterocycles. The highest BCUT2D eigenvalue weighted by Gasteiger charge is 2.17. The standard InChI is InChI=1S/C18H8Br2N2O/c19-11-7-5-9-15-10(6-8-12(20)16(11)15)18(23)22-14-4-2-1-3-13(14)21-17(9)22/h1-8H. The monoisotopic (exact) mass is 426 g/mol. The number of halogens is 2. The largest absolute Gasteiger partial charge is 0.268 e. The van der Waals surface area contributed by atoms with E-state index in [1.807, 2.05) is 48.5 Å². The molecule has 0 bridgehead atoms. The minimum Gasteiger partial charge on any atom is -0.268 e. The molecule has 5 heteroatoms. The Kier molecular flexibility index (Phi) is 2.65. The maximum atomic E-state index is 13.1. The van der Waals surface area contributed by atoms with Crippen molar-refractivity contribution in [2.24, 2.45) is 0 Å². The van der Waals surface area contributed by atoms with Gasteiger partial charge < -0.3 is 0 Å². The van der Waals surface area contributed by atoms with Gasteiger partial charge in [0.25, 0.3) is 5.56 Å². The topological polar surface area (TPSA) is 34.4 Å². The van der Waals surface area contributed by atoms with Gasteiger partial charge in [0.15, 0.2) is 0 Å². The maximum Gasteiger partial charge on any atom is 0.264 e. The summed E-state index contributed by atoms with van der Waals surface area (Å²) in [6.07, 6.45) is 0. The zero-order chi connectivity index (χ0) is 15.7. The van der Waals surface area contributed by atoms with E-state index < -0.39 is 0 Å². The summed E-state index contributed by atoms with van der Waals surface area (Å²) in [5.74, 6) is 0. The SMILES string of the molecule is O=c1c2ccc(Br)c3c(Br)ccc(c32)c2nc3ccccc3n12. The number of para-hydroxylation sites is 2. The molecule has 2 aromatic heterocycles. The van der Waals surface area contributed by atoms with Crippen LogP contribution in [0.5, 0.6) is 0 Å². The van der Waals surface area contributed by atoms with Crippen LogP contribution in [0.15, 0.2) is 62.3 Å². The fourth-order valence-electron chi connectivity index (χ4n) is 3.31. The predicted molar refractivity (Wildman–Crippen MR) is 101 cm³/mol. The highest BCUT2D eigenvalue weighted by Crippen LogP contribution is 2.37. The van der Waals surface area contributed by atoms with E-state index in [0.717, 1.165) is 36.1 Å². The second-order valence-electron chi connectivity index (χ2n) is 5.50. The van der Waals surface area contributed by atoms with Crippen molar-refractivity contribution in [2.75, 3.05) is 0 Å². The number of pyridine rings is 1. The molecule has 2 heterocycles. The van der Waals surface area contributed by atoms with E-state index in [9.17, 15) is 4.79 Å². The Morgan fingerprint density at radius 3 is 2.30 bits per heavy atom. The van der Waals surface area contributed by atoms with Gasteiger partial charge in [-0.15, -0.1) is 0 Å². The van der Waals surface area contributed by atoms with Gasteiger partial charge in [-0.25, -0.2) is 4.98 Å². The van der Waals surface area contributed by atoms with Crippen LogP contribution in [-0.2, 0) is 0 Å². The van der Waals surface area contributed by atoms with E-state index >= 15 is 0 Å². The van der Waals surface area contributed by atoms with Crippen LogP contribution in [-0.4, -0.2) is 9.38 Å². The van der Waals surface area contributed by atoms with Crippen molar-refractivity contribution in [3.05, 3.63) is 67.8 Å². The molecule has 0 aliphatic carbocycles. The molecular weight excluding hydrogens is 420 g/mol. The lowest BCUT2D eigenvalue weighted by atomic mass is 10.0. The zero-order valence-corrected chi connectivity index (χ0v) is 14.8. The lowest BCUT2D eigenvalue weighted by Crippen LogP contribution is -2.13. The third kappa shape index (κ3) is 1.64. The van der Waals surface area contributed by atoms with E-state index in [0.29, 0.717) is 11.0 Å². The summed E-state index contributed by atoms with van der Waals surface area (Å²) in [7, 11) is 0. The summed E-state index contributed by atoms with van der Waals surface area (Å²) in [4.78, 5) is 17.8. The number of aromatic nitrogens is 2. The van der Waals surface area contributed by atoms with Gasteiger partial charge in [0, 0.05) is 30.5 Å². The normalized spacial score (nSPS) is 12.1. The smallest absolute Gasteiger partial charge is 0.264 e. The molecule has 0 spiro atoms. The second-order valence-corrected chi connectivity index (χ2v) is 7.21. The summed E-state index contributed by atoms with van der Waals surface area (Å²) in [6.45, 7) is 0. The number of nitrogens with zero attached hydrogens (tertiary/aromatic N) is 2. The molecule has 0 unspecified atom stereocenters. The molecular formula is C18H8Br2N2O. The first-order chi connectivity index (χ1) is 11.2. The quantitative estimate of drug-likeness (QED) is 0.344. The Labute approximate surface area is 147 Å². The number of rotatable bonds is 0. The molecule has 0 fully saturated rings. The molecule has 0 radical (unpaired) electrons. The van der Waals surface area contributed by atoms with Crippen LogP contribution < -0.4 is 5.56 Å². The van der Waals surface area contributed by atoms with Gasteiger partial charge in [-0.05, 0) is 36.4 Å². The van der Waals surface area contributed by atoms with Gasteiger partial charge >= 0.3 is 0 Å². The Bertz CT molecular complexity index is 1300. The van der Waals surface area contributed by atoms with Crippen LogP contribution >= 0.6 is 31.9 Å². The number of imidazole rings is 1. The molecule has 0 atom stereocenters. The third-order valence-corrected chi connectivity index (χ3v) is 5.62. The first-order valence-electron chi connectivity index (χ1n) is 7.10. The van der Waals surface area contributed by atoms with Crippen molar-refractivity contribution in [3.63, 3.8) is 0 Å². The Morgan fingerprint density at radius 2 is 1.52 bits per heavy atom. The minimum atomic E-state index is -0.0307. The van der Waals surface area contributed by atoms with E-state index in [2.05, 4.69) is 31.9 Å². The molecule has 0 aliphatic rings. The van der Waals surface area contributed by atoms with Crippen LogP contribution in [0, 0.1) is 0 Å². The summed E-state index contributed by atoms with van der Waals surface area (Å²) in [5.41, 5.74) is 2.35. The highest BCUT2D eigenvalue weighted by molar-refractivity contribution is 9.11. The van der Waals surface area contributed by atoms with Crippen molar-refractivity contribution in [1.29, 1.82) is 0 Å². The van der Waals surface area contributed by atoms with Crippen molar-refractivity contribution in [2.45, 2.75) is 0 Å². The van der Waals surface area contributed by atoms with Gasteiger partial charge in [-0.3, -0.25) is 9.20 Å². The van der Waals surface area contributed by atoms with Crippen LogP contribution in [0.1, 0.15) is 0 Å². The summed E-state index contributed by atoms with van der Waals surface area (Å²) < 4.78 is 3.64. The maximum absolute atomic E-state index is 13.1. The van der Waals surface area contributed by atoms with Gasteiger partial charge in [-0.1, -0.05) is 44.0 Å². The molecule has 5 rings (SSSR count). The van der Waals surface area contributed by atoms with Gasteiger partial charge in [0.05, 0.1) is 11.0 Å². The highest BCUT2D eigenvalue weighted by atomic mass is 79.9. The number of benzene rings is 3. The average molecular weight is 428 g/mol. The van der Waals surface area contributed by atoms with Crippen molar-refractivity contribution in [3.8, 4) is 0 Å². The molecule has 3 nitrogen and oxygen atoms in total. The minimum absolute atomic E-state index is 0.0307. The molecule has 23 heavy (non-hydrogen) atoms. The first-order valence-corrected chi connectivity index (χ1v) is 8.68. The zero-order valence-electron chi connectivity index (χ0n) is 11.7. The van der Waals surface area contributed by atoms with Crippen LogP contribution in [0.3, 0.4) is 0 Å². The Balaban J connectivity index is 2.24. The van der Waals surface area contributed by atoms with E-state index in [4.69, 9.17) is 4.98 Å². The fraction of sp³-hybridized carbons (Fsp3) is 0. The number of hydrogen-bond acceptors (Lipinski definition) is 2. The summed E-state index contributed by atoms with van der Waals surface area (Å²) >= 11 is 7.19. The summed E-state index contributed by atoms with van der Waals surface area (Å²) in [6, 6.07) is 15.6. The molecule has 110 valence electrons. The second kappa shape index (κ2) is 4.52. The predicted octanol–water partition coefficient (Wildman–Crippen LogP) is 5.12. The lowest BCUT2D eigenvalue weighted by Gasteiger charge is -2.10. The third-order valence-electron chi connectivity index (χ3n) is 4.29. The first kappa shape index (κ1) is 13.5. The summed E-state index contributed by atoms with van der Waals surface area (Å²) in [5, 5.41) is 3.64. The fourth-order valence-corrected chi connectivity index (χ4v) is 4.66. The Hall–Kier alpha value is -1.98.